The summed E-state index contributed by atoms with van der Waals surface area (Å²) >= 11 is 0. The Balaban J connectivity index is 0.00000363. The molecule has 0 spiro atoms. The molecular formula is C26H38IN3O2. The smallest absolute Gasteiger partial charge is 0.191 e. The topological polar surface area (TPSA) is 54.9 Å². The highest BCUT2D eigenvalue weighted by atomic mass is 127. The van der Waals surface area contributed by atoms with E-state index in [-0.39, 0.29) is 24.0 Å². The lowest BCUT2D eigenvalue weighted by atomic mass is 9.83. The Labute approximate surface area is 210 Å². The molecule has 0 heterocycles. The summed E-state index contributed by atoms with van der Waals surface area (Å²) in [7, 11) is 3.62. The average Bonchev–Trinajstić information content (AvgIpc) is 3.28. The van der Waals surface area contributed by atoms with Crippen LogP contribution in [0.5, 0.6) is 0 Å². The van der Waals surface area contributed by atoms with E-state index in [1.54, 1.807) is 7.11 Å². The van der Waals surface area contributed by atoms with E-state index in [1.807, 2.05) is 25.2 Å². The van der Waals surface area contributed by atoms with Gasteiger partial charge in [0.1, 0.15) is 0 Å². The molecule has 0 bridgehead atoms. The van der Waals surface area contributed by atoms with Crippen LogP contribution >= 0.6 is 24.0 Å². The first-order valence-electron chi connectivity index (χ1n) is 11.4. The molecular weight excluding hydrogens is 513 g/mol. The summed E-state index contributed by atoms with van der Waals surface area (Å²) in [4.78, 5) is 4.44. The number of guanidine groups is 1. The molecule has 0 unspecified atom stereocenters. The van der Waals surface area contributed by atoms with Crippen molar-refractivity contribution in [1.82, 2.24) is 10.6 Å². The van der Waals surface area contributed by atoms with Gasteiger partial charge < -0.3 is 20.1 Å². The van der Waals surface area contributed by atoms with Crippen LogP contribution < -0.4 is 10.6 Å². The van der Waals surface area contributed by atoms with Crippen molar-refractivity contribution >= 4 is 29.9 Å². The molecule has 1 fully saturated rings. The highest BCUT2D eigenvalue weighted by Crippen LogP contribution is 2.40. The van der Waals surface area contributed by atoms with E-state index < -0.39 is 0 Å². The van der Waals surface area contributed by atoms with E-state index in [9.17, 15) is 0 Å². The maximum atomic E-state index is 5.96. The van der Waals surface area contributed by atoms with Crippen molar-refractivity contribution in [2.24, 2.45) is 10.4 Å². The van der Waals surface area contributed by atoms with Crippen LogP contribution in [0.1, 0.15) is 48.8 Å². The Morgan fingerprint density at radius 3 is 2.31 bits per heavy atom. The number of nitrogens with zero attached hydrogens (tertiary/aromatic N) is 1. The first kappa shape index (κ1) is 26.6. The van der Waals surface area contributed by atoms with Gasteiger partial charge in [0.15, 0.2) is 5.96 Å². The molecule has 1 aliphatic rings. The third-order valence-corrected chi connectivity index (χ3v) is 6.29. The number of rotatable bonds is 11. The minimum atomic E-state index is 0. The van der Waals surface area contributed by atoms with Gasteiger partial charge in [-0.05, 0) is 41.4 Å². The largest absolute Gasteiger partial charge is 0.385 e. The Bertz CT molecular complexity index is 808. The third kappa shape index (κ3) is 8.37. The van der Waals surface area contributed by atoms with Crippen molar-refractivity contribution < 1.29 is 9.47 Å². The van der Waals surface area contributed by atoms with Crippen molar-refractivity contribution in [3.8, 4) is 0 Å². The Kier molecular flexibility index (Phi) is 12.1. The Morgan fingerprint density at radius 2 is 1.62 bits per heavy atom. The van der Waals surface area contributed by atoms with Gasteiger partial charge in [0.2, 0.25) is 0 Å². The van der Waals surface area contributed by atoms with Crippen molar-refractivity contribution in [3.63, 3.8) is 0 Å². The first-order valence-corrected chi connectivity index (χ1v) is 11.4. The van der Waals surface area contributed by atoms with E-state index in [2.05, 4.69) is 52.0 Å². The monoisotopic (exact) mass is 551 g/mol. The molecule has 1 aliphatic carbocycles. The van der Waals surface area contributed by atoms with Crippen molar-refractivity contribution in [3.05, 3.63) is 71.3 Å². The normalized spacial score (nSPS) is 15.2. The summed E-state index contributed by atoms with van der Waals surface area (Å²) in [6, 6.07) is 18.7. The van der Waals surface area contributed by atoms with Crippen molar-refractivity contribution in [2.75, 3.05) is 27.3 Å². The molecule has 3 rings (SSSR count). The molecule has 6 heteroatoms. The van der Waals surface area contributed by atoms with Crippen LogP contribution in [0.4, 0.5) is 0 Å². The lowest BCUT2D eigenvalue weighted by Crippen LogP contribution is -2.43. The molecule has 2 aromatic rings. The minimum Gasteiger partial charge on any atom is -0.385 e. The SMILES string of the molecule is CN=C(NCc1ccccc1COCc1ccccc1)NCC1(CCOC)CCCC1.I. The number of aliphatic imine (C=N–C) groups is 1. The summed E-state index contributed by atoms with van der Waals surface area (Å²) in [5, 5.41) is 7.05. The lowest BCUT2D eigenvalue weighted by molar-refractivity contribution is 0.106. The van der Waals surface area contributed by atoms with Gasteiger partial charge in [-0.2, -0.15) is 0 Å². The maximum absolute atomic E-state index is 5.96. The van der Waals surface area contributed by atoms with Crippen molar-refractivity contribution in [2.45, 2.75) is 51.9 Å². The molecule has 2 aromatic carbocycles. The number of halogens is 1. The predicted molar refractivity (Wildman–Crippen MR) is 142 cm³/mol. The van der Waals surface area contributed by atoms with E-state index >= 15 is 0 Å². The summed E-state index contributed by atoms with van der Waals surface area (Å²) in [6.07, 6.45) is 6.26. The summed E-state index contributed by atoms with van der Waals surface area (Å²) in [5.41, 5.74) is 3.95. The fourth-order valence-corrected chi connectivity index (χ4v) is 4.35. The van der Waals surface area contributed by atoms with Gasteiger partial charge in [0, 0.05) is 33.9 Å². The molecule has 0 radical (unpaired) electrons. The van der Waals surface area contributed by atoms with Crippen LogP contribution in [0.3, 0.4) is 0 Å². The van der Waals surface area contributed by atoms with E-state index in [4.69, 9.17) is 9.47 Å². The zero-order valence-corrected chi connectivity index (χ0v) is 21.8. The second kappa shape index (κ2) is 14.5. The minimum absolute atomic E-state index is 0. The molecule has 0 atom stereocenters. The van der Waals surface area contributed by atoms with Crippen LogP contribution in [0.2, 0.25) is 0 Å². The first-order chi connectivity index (χ1) is 15.2. The van der Waals surface area contributed by atoms with Crippen LogP contribution in [0.15, 0.2) is 59.6 Å². The standard InChI is InChI=1S/C26H37N3O2.HI/c1-27-25(29-21-26(16-17-30-2)14-8-9-15-26)28-18-23-12-6-7-13-24(23)20-31-19-22-10-4-3-5-11-22;/h3-7,10-13H,8-9,14-21H2,1-2H3,(H2,27,28,29);1H. The summed E-state index contributed by atoms with van der Waals surface area (Å²) in [5.74, 6) is 0.851. The fraction of sp³-hybridized carbons (Fsp3) is 0.500. The second-order valence-corrected chi connectivity index (χ2v) is 8.48. The molecule has 1 saturated carbocycles. The van der Waals surface area contributed by atoms with Gasteiger partial charge in [0.25, 0.3) is 0 Å². The highest BCUT2D eigenvalue weighted by Gasteiger charge is 2.33. The van der Waals surface area contributed by atoms with Gasteiger partial charge in [-0.25, -0.2) is 0 Å². The Morgan fingerprint density at radius 1 is 0.938 bits per heavy atom. The molecule has 176 valence electrons. The number of nitrogens with one attached hydrogen (secondary N) is 2. The van der Waals surface area contributed by atoms with Gasteiger partial charge in [-0.15, -0.1) is 24.0 Å². The number of benzene rings is 2. The average molecular weight is 552 g/mol. The highest BCUT2D eigenvalue weighted by molar-refractivity contribution is 14.0. The summed E-state index contributed by atoms with van der Waals surface area (Å²) in [6.45, 7) is 3.70. The molecule has 0 aromatic heterocycles. The number of methoxy groups -OCH3 is 1. The zero-order chi connectivity index (χ0) is 21.8. The van der Waals surface area contributed by atoms with Crippen LogP contribution in [0.25, 0.3) is 0 Å². The van der Waals surface area contributed by atoms with Crippen LogP contribution in [-0.4, -0.2) is 33.3 Å². The zero-order valence-electron chi connectivity index (χ0n) is 19.4. The van der Waals surface area contributed by atoms with E-state index in [0.717, 1.165) is 32.1 Å². The number of hydrogen-bond acceptors (Lipinski definition) is 3. The quantitative estimate of drug-likeness (QED) is 0.227. The third-order valence-electron chi connectivity index (χ3n) is 6.29. The molecule has 0 aliphatic heterocycles. The molecule has 5 nitrogen and oxygen atoms in total. The van der Waals surface area contributed by atoms with Gasteiger partial charge in [-0.1, -0.05) is 67.4 Å². The maximum Gasteiger partial charge on any atom is 0.191 e. The molecule has 0 saturated heterocycles. The molecule has 2 N–H and O–H groups in total. The number of ether oxygens (including phenoxy) is 2. The van der Waals surface area contributed by atoms with Gasteiger partial charge in [0.05, 0.1) is 13.2 Å². The van der Waals surface area contributed by atoms with Crippen LogP contribution in [0, 0.1) is 5.41 Å². The summed E-state index contributed by atoms with van der Waals surface area (Å²) < 4.78 is 11.3. The van der Waals surface area contributed by atoms with E-state index in [0.29, 0.717) is 18.6 Å². The molecule has 32 heavy (non-hydrogen) atoms. The second-order valence-electron chi connectivity index (χ2n) is 8.48. The predicted octanol–water partition coefficient (Wildman–Crippen LogP) is 5.28. The van der Waals surface area contributed by atoms with Gasteiger partial charge >= 0.3 is 0 Å². The van der Waals surface area contributed by atoms with Crippen molar-refractivity contribution in [1.29, 1.82) is 0 Å². The lowest BCUT2D eigenvalue weighted by Gasteiger charge is -2.30. The van der Waals surface area contributed by atoms with Gasteiger partial charge in [-0.3, -0.25) is 4.99 Å². The number of hydrogen-bond donors (Lipinski definition) is 2. The van der Waals surface area contributed by atoms with Crippen LogP contribution in [-0.2, 0) is 29.2 Å². The van der Waals surface area contributed by atoms with E-state index in [1.165, 1.54) is 42.4 Å². The molecule has 0 amide bonds. The fourth-order valence-electron chi connectivity index (χ4n) is 4.35. The Hall–Kier alpha value is -1.64.